The Morgan fingerprint density at radius 1 is 1.32 bits per heavy atom. The van der Waals surface area contributed by atoms with E-state index in [4.69, 9.17) is 0 Å². The van der Waals surface area contributed by atoms with Crippen LogP contribution in [0.3, 0.4) is 0 Å². The van der Waals surface area contributed by atoms with Crippen molar-refractivity contribution in [2.45, 2.75) is 32.5 Å². The van der Waals surface area contributed by atoms with E-state index in [2.05, 4.69) is 15.4 Å². The van der Waals surface area contributed by atoms with Crippen molar-refractivity contribution in [2.75, 3.05) is 7.05 Å². The predicted octanol–water partition coefficient (Wildman–Crippen LogP) is 2.07. The number of alkyl halides is 2. The third-order valence-electron chi connectivity index (χ3n) is 2.72. The van der Waals surface area contributed by atoms with Gasteiger partial charge in [-0.2, -0.15) is 8.78 Å². The Labute approximate surface area is 111 Å². The number of halogens is 2. The average molecular weight is 272 g/mol. The second kappa shape index (κ2) is 7.04. The first-order valence-electron chi connectivity index (χ1n) is 5.96. The van der Waals surface area contributed by atoms with Gasteiger partial charge in [-0.1, -0.05) is 12.1 Å². The molecule has 0 aromatic heterocycles. The second-order valence-corrected chi connectivity index (χ2v) is 4.18. The summed E-state index contributed by atoms with van der Waals surface area (Å²) in [6, 6.07) is 5.88. The number of hydrogen-bond acceptors (Lipinski definition) is 3. The van der Waals surface area contributed by atoms with Crippen molar-refractivity contribution in [1.29, 1.82) is 0 Å². The Kier molecular flexibility index (Phi) is 5.69. The van der Waals surface area contributed by atoms with Gasteiger partial charge in [0.2, 0.25) is 5.91 Å². The molecule has 6 heteroatoms. The van der Waals surface area contributed by atoms with Crippen LogP contribution in [0.4, 0.5) is 8.78 Å². The molecule has 4 nitrogen and oxygen atoms in total. The lowest BCUT2D eigenvalue weighted by Crippen LogP contribution is -2.41. The maximum absolute atomic E-state index is 12.1. The molecule has 0 aliphatic rings. The van der Waals surface area contributed by atoms with Crippen LogP contribution < -0.4 is 15.4 Å². The van der Waals surface area contributed by atoms with Crippen molar-refractivity contribution in [3.05, 3.63) is 29.8 Å². The Hall–Kier alpha value is -1.69. The molecule has 0 radical (unpaired) electrons. The van der Waals surface area contributed by atoms with Crippen LogP contribution in [-0.2, 0) is 4.79 Å². The number of rotatable bonds is 6. The maximum atomic E-state index is 12.1. The van der Waals surface area contributed by atoms with Crippen LogP contribution >= 0.6 is 0 Å². The topological polar surface area (TPSA) is 50.4 Å². The highest BCUT2D eigenvalue weighted by atomic mass is 19.3. The van der Waals surface area contributed by atoms with Crippen LogP contribution in [0.5, 0.6) is 5.75 Å². The van der Waals surface area contributed by atoms with Crippen LogP contribution in [0.15, 0.2) is 24.3 Å². The standard InChI is InChI=1S/C13H18F2N2O2/c1-8(17-9(2)12(18)16-3)10-5-4-6-11(7-10)19-13(14)15/h4-9,13,17H,1-3H3,(H,16,18). The summed E-state index contributed by atoms with van der Waals surface area (Å²) in [5.41, 5.74) is 0.772. The third kappa shape index (κ3) is 4.82. The van der Waals surface area contributed by atoms with Crippen LogP contribution in [0.2, 0.25) is 0 Å². The van der Waals surface area contributed by atoms with Crippen molar-refractivity contribution in [3.63, 3.8) is 0 Å². The zero-order valence-corrected chi connectivity index (χ0v) is 11.1. The monoisotopic (exact) mass is 272 g/mol. The summed E-state index contributed by atoms with van der Waals surface area (Å²) in [5, 5.41) is 5.61. The van der Waals surface area contributed by atoms with Gasteiger partial charge in [0, 0.05) is 13.1 Å². The van der Waals surface area contributed by atoms with Crippen molar-refractivity contribution in [1.82, 2.24) is 10.6 Å². The SMILES string of the molecule is CNC(=O)C(C)NC(C)c1cccc(OC(F)F)c1. The minimum absolute atomic E-state index is 0.105. The molecule has 0 spiro atoms. The Bertz CT molecular complexity index is 427. The van der Waals surface area contributed by atoms with Gasteiger partial charge in [-0.3, -0.25) is 10.1 Å². The molecule has 0 fully saturated rings. The number of hydrogen-bond donors (Lipinski definition) is 2. The summed E-state index contributed by atoms with van der Waals surface area (Å²) < 4.78 is 28.6. The van der Waals surface area contributed by atoms with E-state index in [1.807, 2.05) is 6.92 Å². The molecule has 0 aliphatic heterocycles. The molecular weight excluding hydrogens is 254 g/mol. The zero-order valence-electron chi connectivity index (χ0n) is 11.1. The molecule has 0 aliphatic carbocycles. The smallest absolute Gasteiger partial charge is 0.387 e. The van der Waals surface area contributed by atoms with Gasteiger partial charge in [0.05, 0.1) is 6.04 Å². The molecule has 1 aromatic carbocycles. The summed E-state index contributed by atoms with van der Waals surface area (Å²) >= 11 is 0. The Morgan fingerprint density at radius 3 is 2.58 bits per heavy atom. The van der Waals surface area contributed by atoms with E-state index in [-0.39, 0.29) is 23.7 Å². The van der Waals surface area contributed by atoms with Gasteiger partial charge in [0.15, 0.2) is 0 Å². The van der Waals surface area contributed by atoms with Crippen molar-refractivity contribution in [2.24, 2.45) is 0 Å². The summed E-state index contributed by atoms with van der Waals surface area (Å²) in [7, 11) is 1.56. The van der Waals surface area contributed by atoms with Crippen LogP contribution in [0.25, 0.3) is 0 Å². The fourth-order valence-corrected chi connectivity index (χ4v) is 1.72. The summed E-state index contributed by atoms with van der Waals surface area (Å²) in [4.78, 5) is 11.4. The van der Waals surface area contributed by atoms with Crippen molar-refractivity contribution >= 4 is 5.91 Å². The summed E-state index contributed by atoms with van der Waals surface area (Å²) in [6.07, 6.45) is 0. The number of carbonyl (C=O) groups excluding carboxylic acids is 1. The second-order valence-electron chi connectivity index (χ2n) is 4.18. The maximum Gasteiger partial charge on any atom is 0.387 e. The van der Waals surface area contributed by atoms with Gasteiger partial charge >= 0.3 is 6.61 Å². The van der Waals surface area contributed by atoms with Gasteiger partial charge in [-0.25, -0.2) is 0 Å². The average Bonchev–Trinajstić information content (AvgIpc) is 2.37. The molecule has 19 heavy (non-hydrogen) atoms. The molecule has 0 heterocycles. The Balaban J connectivity index is 2.71. The molecular formula is C13H18F2N2O2. The lowest BCUT2D eigenvalue weighted by molar-refractivity contribution is -0.122. The summed E-state index contributed by atoms with van der Waals surface area (Å²) in [5.74, 6) is -0.0272. The fraction of sp³-hybridized carbons (Fsp3) is 0.462. The largest absolute Gasteiger partial charge is 0.435 e. The molecule has 0 bridgehead atoms. The first kappa shape index (κ1) is 15.4. The summed E-state index contributed by atoms with van der Waals surface area (Å²) in [6.45, 7) is 0.735. The molecule has 0 saturated carbocycles. The minimum atomic E-state index is -2.84. The van der Waals surface area contributed by atoms with E-state index in [0.29, 0.717) is 0 Å². The highest BCUT2D eigenvalue weighted by Gasteiger charge is 2.15. The molecule has 1 amide bonds. The van der Waals surface area contributed by atoms with Gasteiger partial charge < -0.3 is 10.1 Å². The van der Waals surface area contributed by atoms with Gasteiger partial charge in [-0.15, -0.1) is 0 Å². The highest BCUT2D eigenvalue weighted by molar-refractivity contribution is 5.80. The van der Waals surface area contributed by atoms with Gasteiger partial charge in [0.25, 0.3) is 0 Å². The minimum Gasteiger partial charge on any atom is -0.435 e. The van der Waals surface area contributed by atoms with E-state index in [0.717, 1.165) is 5.56 Å². The molecule has 1 rings (SSSR count). The van der Waals surface area contributed by atoms with E-state index >= 15 is 0 Å². The molecule has 106 valence electrons. The van der Waals surface area contributed by atoms with E-state index in [1.54, 1.807) is 26.1 Å². The first-order valence-corrected chi connectivity index (χ1v) is 5.96. The molecule has 2 unspecified atom stereocenters. The van der Waals surface area contributed by atoms with Crippen LogP contribution in [-0.4, -0.2) is 25.6 Å². The van der Waals surface area contributed by atoms with Crippen molar-refractivity contribution in [3.8, 4) is 5.75 Å². The number of nitrogens with one attached hydrogen (secondary N) is 2. The number of likely N-dealkylation sites (N-methyl/N-ethyl adjacent to an activating group) is 1. The number of ether oxygens (including phenoxy) is 1. The van der Waals surface area contributed by atoms with E-state index in [9.17, 15) is 13.6 Å². The molecule has 2 N–H and O–H groups in total. The molecule has 0 saturated heterocycles. The third-order valence-corrected chi connectivity index (χ3v) is 2.72. The predicted molar refractivity (Wildman–Crippen MR) is 68.2 cm³/mol. The van der Waals surface area contributed by atoms with Crippen LogP contribution in [0, 0.1) is 0 Å². The number of benzene rings is 1. The van der Waals surface area contributed by atoms with Crippen molar-refractivity contribution < 1.29 is 18.3 Å². The van der Waals surface area contributed by atoms with Crippen LogP contribution in [0.1, 0.15) is 25.5 Å². The quantitative estimate of drug-likeness (QED) is 0.833. The Morgan fingerprint density at radius 2 is 2.00 bits per heavy atom. The fourth-order valence-electron chi connectivity index (χ4n) is 1.72. The molecule has 1 aromatic rings. The van der Waals surface area contributed by atoms with E-state index < -0.39 is 6.61 Å². The first-order chi connectivity index (χ1) is 8.93. The number of carbonyl (C=O) groups is 1. The number of amides is 1. The molecule has 2 atom stereocenters. The van der Waals surface area contributed by atoms with Gasteiger partial charge in [-0.05, 0) is 31.5 Å². The lowest BCUT2D eigenvalue weighted by Gasteiger charge is -2.19. The van der Waals surface area contributed by atoms with Gasteiger partial charge in [0.1, 0.15) is 5.75 Å². The normalized spacial score (nSPS) is 14.0. The zero-order chi connectivity index (χ0) is 14.4. The van der Waals surface area contributed by atoms with E-state index in [1.165, 1.54) is 12.1 Å². The lowest BCUT2D eigenvalue weighted by atomic mass is 10.1. The highest BCUT2D eigenvalue weighted by Crippen LogP contribution is 2.20.